The Morgan fingerprint density at radius 2 is 2.00 bits per heavy atom. The van der Waals surface area contributed by atoms with Crippen molar-refractivity contribution in [3.63, 3.8) is 0 Å². The van der Waals surface area contributed by atoms with Crippen LogP contribution in [-0.2, 0) is 28.7 Å². The Labute approximate surface area is 200 Å². The molecule has 1 N–H and O–H groups in total. The third-order valence-corrected chi connectivity index (χ3v) is 7.29. The summed E-state index contributed by atoms with van der Waals surface area (Å²) in [5, 5.41) is 10.1. The van der Waals surface area contributed by atoms with Crippen LogP contribution in [0.1, 0.15) is 40.5 Å². The third-order valence-electron chi connectivity index (χ3n) is 4.89. The van der Waals surface area contributed by atoms with Gasteiger partial charge in [0.05, 0.1) is 5.00 Å². The lowest BCUT2D eigenvalue weighted by molar-refractivity contribution is -0.154. The summed E-state index contributed by atoms with van der Waals surface area (Å²) in [5.74, 6) is -1.55. The van der Waals surface area contributed by atoms with Crippen LogP contribution in [0, 0.1) is 0 Å². The van der Waals surface area contributed by atoms with Crippen molar-refractivity contribution in [2.45, 2.75) is 62.8 Å². The topological polar surface area (TPSA) is 113 Å². The van der Waals surface area contributed by atoms with Gasteiger partial charge in [0.1, 0.15) is 28.9 Å². The number of carbonyl (C=O) groups is 4. The van der Waals surface area contributed by atoms with Gasteiger partial charge in [0, 0.05) is 31.7 Å². The van der Waals surface area contributed by atoms with Crippen LogP contribution >= 0.6 is 23.1 Å². The maximum atomic E-state index is 13.0. The molecule has 1 aromatic rings. The molecule has 1 fully saturated rings. The van der Waals surface area contributed by atoms with E-state index in [0.717, 1.165) is 0 Å². The van der Waals surface area contributed by atoms with Crippen molar-refractivity contribution in [3.05, 3.63) is 29.3 Å². The molecule has 1 aromatic heterocycles. The SMILES string of the molecule is CC(=O)N(c1cccs1)C1C(=O)N2C=C(COC(=O)CCCO)C(C(=O)OC(C)(C)C)S[C@H]12. The van der Waals surface area contributed by atoms with Gasteiger partial charge in [0.2, 0.25) is 5.91 Å². The van der Waals surface area contributed by atoms with E-state index in [1.54, 1.807) is 32.9 Å². The molecule has 1 saturated heterocycles. The van der Waals surface area contributed by atoms with Crippen LogP contribution in [0.25, 0.3) is 0 Å². The van der Waals surface area contributed by atoms with Crippen molar-refractivity contribution >= 4 is 51.9 Å². The second-order valence-corrected chi connectivity index (χ2v) is 10.8. The van der Waals surface area contributed by atoms with Crippen LogP contribution in [0.2, 0.25) is 0 Å². The number of aliphatic hydroxyl groups is 1. The second kappa shape index (κ2) is 10.3. The normalized spacial score (nSPS) is 22.1. The molecular formula is C22H28N2O7S2. The summed E-state index contributed by atoms with van der Waals surface area (Å²) < 4.78 is 10.8. The molecule has 180 valence electrons. The Morgan fingerprint density at radius 3 is 2.58 bits per heavy atom. The number of aliphatic hydroxyl groups excluding tert-OH is 1. The van der Waals surface area contributed by atoms with Crippen molar-refractivity contribution in [1.29, 1.82) is 0 Å². The van der Waals surface area contributed by atoms with E-state index in [0.29, 0.717) is 10.6 Å². The Balaban J connectivity index is 1.84. The van der Waals surface area contributed by atoms with E-state index in [-0.39, 0.29) is 37.9 Å². The Kier molecular flexibility index (Phi) is 7.86. The van der Waals surface area contributed by atoms with Gasteiger partial charge in [0.15, 0.2) is 0 Å². The van der Waals surface area contributed by atoms with Gasteiger partial charge in [-0.25, -0.2) is 0 Å². The van der Waals surface area contributed by atoms with Crippen molar-refractivity contribution in [2.24, 2.45) is 0 Å². The molecule has 9 nitrogen and oxygen atoms in total. The number of carbonyl (C=O) groups excluding carboxylic acids is 4. The van der Waals surface area contributed by atoms with Crippen LogP contribution in [0.4, 0.5) is 5.00 Å². The molecule has 2 amide bonds. The molecule has 0 aromatic carbocycles. The average molecular weight is 497 g/mol. The van der Waals surface area contributed by atoms with Gasteiger partial charge < -0.3 is 19.5 Å². The Hall–Kier alpha value is -2.37. The van der Waals surface area contributed by atoms with Crippen LogP contribution in [0.15, 0.2) is 29.3 Å². The summed E-state index contributed by atoms with van der Waals surface area (Å²) in [5.41, 5.74) is -0.297. The molecule has 0 saturated carbocycles. The number of hydrogen-bond donors (Lipinski definition) is 1. The van der Waals surface area contributed by atoms with E-state index < -0.39 is 34.2 Å². The number of fused-ring (bicyclic) bond motifs is 1. The standard InChI is InChI=1S/C22H28N2O7S2/c1-13(26)24(15-7-6-10-32-15)17-19(28)23-11-14(12-30-16(27)8-5-9-25)18(33-20(17)23)21(29)31-22(2,3)4/h6-7,10-11,17-18,20,25H,5,8-9,12H2,1-4H3/t17?,18?,20-/m1/s1. The number of amides is 2. The minimum atomic E-state index is -0.802. The molecule has 3 heterocycles. The number of β-lactam (4-membered cyclic amide) rings is 1. The Morgan fingerprint density at radius 1 is 1.27 bits per heavy atom. The van der Waals surface area contributed by atoms with Crippen LogP contribution < -0.4 is 4.90 Å². The second-order valence-electron chi connectivity index (χ2n) is 8.66. The fourth-order valence-corrected chi connectivity index (χ4v) is 5.72. The maximum absolute atomic E-state index is 13.0. The molecule has 3 rings (SSSR count). The highest BCUT2D eigenvalue weighted by molar-refractivity contribution is 8.01. The van der Waals surface area contributed by atoms with Gasteiger partial charge in [-0.3, -0.25) is 24.1 Å². The molecule has 11 heteroatoms. The quantitative estimate of drug-likeness (QED) is 0.431. The molecule has 0 spiro atoms. The number of esters is 2. The summed E-state index contributed by atoms with van der Waals surface area (Å²) in [6.07, 6.45) is 1.86. The fourth-order valence-electron chi connectivity index (χ4n) is 3.49. The van der Waals surface area contributed by atoms with Crippen molar-refractivity contribution in [3.8, 4) is 0 Å². The summed E-state index contributed by atoms with van der Waals surface area (Å²) in [6.45, 7) is 6.37. The van der Waals surface area contributed by atoms with Crippen molar-refractivity contribution in [1.82, 2.24) is 4.90 Å². The molecule has 0 radical (unpaired) electrons. The zero-order valence-corrected chi connectivity index (χ0v) is 20.6. The number of rotatable bonds is 8. The lowest BCUT2D eigenvalue weighted by atomic mass is 10.0. The molecule has 2 aliphatic rings. The highest BCUT2D eigenvalue weighted by Gasteiger charge is 2.56. The number of hydrogen-bond acceptors (Lipinski definition) is 9. The predicted octanol–water partition coefficient (Wildman–Crippen LogP) is 2.29. The minimum Gasteiger partial charge on any atom is -0.461 e. The third kappa shape index (κ3) is 5.77. The van der Waals surface area contributed by atoms with E-state index in [1.165, 1.54) is 46.0 Å². The largest absolute Gasteiger partial charge is 0.461 e. The van der Waals surface area contributed by atoms with Gasteiger partial charge in [0.25, 0.3) is 5.91 Å². The van der Waals surface area contributed by atoms with Crippen LogP contribution in [0.5, 0.6) is 0 Å². The van der Waals surface area contributed by atoms with E-state index in [9.17, 15) is 19.2 Å². The number of anilines is 1. The van der Waals surface area contributed by atoms with E-state index in [4.69, 9.17) is 14.6 Å². The summed E-state index contributed by atoms with van der Waals surface area (Å²) in [6, 6.07) is 2.83. The molecule has 33 heavy (non-hydrogen) atoms. The molecule has 0 bridgehead atoms. The fraction of sp³-hybridized carbons (Fsp3) is 0.545. The lowest BCUT2D eigenvalue weighted by Gasteiger charge is -2.51. The Bertz CT molecular complexity index is 939. The first-order chi connectivity index (χ1) is 15.5. The first-order valence-electron chi connectivity index (χ1n) is 10.5. The summed E-state index contributed by atoms with van der Waals surface area (Å²) >= 11 is 2.56. The predicted molar refractivity (Wildman–Crippen MR) is 124 cm³/mol. The number of thioether (sulfide) groups is 1. The number of ether oxygens (including phenoxy) is 2. The highest BCUT2D eigenvalue weighted by Crippen LogP contribution is 2.45. The smallest absolute Gasteiger partial charge is 0.324 e. The molecule has 2 unspecified atom stereocenters. The van der Waals surface area contributed by atoms with Gasteiger partial charge in [-0.2, -0.15) is 0 Å². The lowest BCUT2D eigenvalue weighted by Crippen LogP contribution is -2.70. The van der Waals surface area contributed by atoms with Crippen molar-refractivity contribution in [2.75, 3.05) is 18.1 Å². The van der Waals surface area contributed by atoms with Gasteiger partial charge in [-0.1, -0.05) is 0 Å². The van der Waals surface area contributed by atoms with Gasteiger partial charge in [-0.15, -0.1) is 23.1 Å². The first-order valence-corrected chi connectivity index (χ1v) is 12.4. The molecule has 3 atom stereocenters. The number of thiophene rings is 1. The first kappa shape index (κ1) is 25.3. The zero-order valence-electron chi connectivity index (χ0n) is 19.0. The van der Waals surface area contributed by atoms with Crippen molar-refractivity contribution < 1.29 is 33.8 Å². The summed E-state index contributed by atoms with van der Waals surface area (Å²) in [4.78, 5) is 53.2. The molecule has 0 aliphatic carbocycles. The van der Waals surface area contributed by atoms with E-state index >= 15 is 0 Å². The monoisotopic (exact) mass is 496 g/mol. The zero-order chi connectivity index (χ0) is 24.3. The van der Waals surface area contributed by atoms with E-state index in [2.05, 4.69) is 0 Å². The molecule has 2 aliphatic heterocycles. The minimum absolute atomic E-state index is 0.0513. The van der Waals surface area contributed by atoms with Crippen LogP contribution in [0.3, 0.4) is 0 Å². The van der Waals surface area contributed by atoms with Crippen LogP contribution in [-0.4, -0.2) is 69.2 Å². The summed E-state index contributed by atoms with van der Waals surface area (Å²) in [7, 11) is 0. The van der Waals surface area contributed by atoms with Gasteiger partial charge >= 0.3 is 11.9 Å². The highest BCUT2D eigenvalue weighted by atomic mass is 32.2. The van der Waals surface area contributed by atoms with Gasteiger partial charge in [-0.05, 0) is 44.7 Å². The average Bonchev–Trinajstić information content (AvgIpc) is 3.26. The number of nitrogens with zero attached hydrogens (tertiary/aromatic N) is 2. The van der Waals surface area contributed by atoms with E-state index in [1.807, 2.05) is 5.38 Å². The maximum Gasteiger partial charge on any atom is 0.324 e. The molecular weight excluding hydrogens is 468 g/mol.